The van der Waals surface area contributed by atoms with Gasteiger partial charge in [0.15, 0.2) is 0 Å². The quantitative estimate of drug-likeness (QED) is 0.774. The van der Waals surface area contributed by atoms with E-state index in [-0.39, 0.29) is 0 Å². The summed E-state index contributed by atoms with van der Waals surface area (Å²) in [5.41, 5.74) is 0. The van der Waals surface area contributed by atoms with Crippen LogP contribution in [0, 0.1) is 0 Å². The van der Waals surface area contributed by atoms with Gasteiger partial charge in [-0.15, -0.1) is 0 Å². The molecule has 0 aromatic rings. The molecule has 2 fully saturated rings. The SMILES string of the molecule is CCC1CNC(C)CN1C1CCOC(C)C1. The van der Waals surface area contributed by atoms with E-state index in [2.05, 4.69) is 31.0 Å². The standard InChI is InChI=1S/C13H26N2O/c1-4-12-8-14-10(2)9-15(12)13-5-6-16-11(3)7-13/h10-14H,4-9H2,1-3H3. The highest BCUT2D eigenvalue weighted by Crippen LogP contribution is 2.23. The number of hydrogen-bond donors (Lipinski definition) is 1. The van der Waals surface area contributed by atoms with E-state index in [1.165, 1.54) is 25.8 Å². The smallest absolute Gasteiger partial charge is 0.0561 e. The predicted octanol–water partition coefficient (Wildman–Crippen LogP) is 1.63. The largest absolute Gasteiger partial charge is 0.378 e. The van der Waals surface area contributed by atoms with E-state index in [9.17, 15) is 0 Å². The number of hydrogen-bond acceptors (Lipinski definition) is 3. The van der Waals surface area contributed by atoms with Crippen LogP contribution in [0.3, 0.4) is 0 Å². The lowest BCUT2D eigenvalue weighted by Gasteiger charge is -2.46. The average molecular weight is 226 g/mol. The third-order valence-corrected chi connectivity index (χ3v) is 4.05. The highest BCUT2D eigenvalue weighted by Gasteiger charge is 2.32. The maximum Gasteiger partial charge on any atom is 0.0561 e. The van der Waals surface area contributed by atoms with E-state index >= 15 is 0 Å². The zero-order valence-corrected chi connectivity index (χ0v) is 10.9. The number of nitrogens with one attached hydrogen (secondary N) is 1. The van der Waals surface area contributed by atoms with Crippen LogP contribution in [0.25, 0.3) is 0 Å². The minimum absolute atomic E-state index is 0.446. The van der Waals surface area contributed by atoms with Crippen LogP contribution in [0.15, 0.2) is 0 Å². The summed E-state index contributed by atoms with van der Waals surface area (Å²) in [6.45, 7) is 10.1. The fourth-order valence-corrected chi connectivity index (χ4v) is 3.09. The maximum absolute atomic E-state index is 5.65. The Bertz CT molecular complexity index is 222. The van der Waals surface area contributed by atoms with Crippen LogP contribution in [0.1, 0.15) is 40.0 Å². The normalized spacial score (nSPS) is 42.2. The first-order chi connectivity index (χ1) is 7.70. The first-order valence-electron chi connectivity index (χ1n) is 6.81. The number of ether oxygens (including phenoxy) is 1. The number of piperazine rings is 1. The maximum atomic E-state index is 5.65. The number of rotatable bonds is 2. The lowest BCUT2D eigenvalue weighted by molar-refractivity contribution is -0.0373. The van der Waals surface area contributed by atoms with E-state index in [0.717, 1.165) is 25.2 Å². The van der Waals surface area contributed by atoms with Crippen LogP contribution in [0.4, 0.5) is 0 Å². The molecular weight excluding hydrogens is 200 g/mol. The molecule has 3 heteroatoms. The van der Waals surface area contributed by atoms with Crippen molar-refractivity contribution in [3.63, 3.8) is 0 Å². The highest BCUT2D eigenvalue weighted by molar-refractivity contribution is 4.89. The van der Waals surface area contributed by atoms with Crippen molar-refractivity contribution in [3.05, 3.63) is 0 Å². The van der Waals surface area contributed by atoms with Crippen molar-refractivity contribution in [2.75, 3.05) is 19.7 Å². The average Bonchev–Trinajstić information content (AvgIpc) is 2.29. The number of nitrogens with zero attached hydrogens (tertiary/aromatic N) is 1. The van der Waals surface area contributed by atoms with E-state index in [4.69, 9.17) is 4.74 Å². The summed E-state index contributed by atoms with van der Waals surface area (Å²) in [6.07, 6.45) is 4.13. The Labute approximate surface area is 99.5 Å². The van der Waals surface area contributed by atoms with Gasteiger partial charge in [-0.05, 0) is 33.1 Å². The summed E-state index contributed by atoms with van der Waals surface area (Å²) in [5, 5.41) is 3.59. The van der Waals surface area contributed by atoms with Crippen LogP contribution in [-0.2, 0) is 4.74 Å². The molecule has 2 heterocycles. The van der Waals surface area contributed by atoms with Crippen molar-refractivity contribution in [1.82, 2.24) is 10.2 Å². The molecular formula is C13H26N2O. The van der Waals surface area contributed by atoms with E-state index in [1.807, 2.05) is 0 Å². The van der Waals surface area contributed by atoms with Crippen molar-refractivity contribution in [2.24, 2.45) is 0 Å². The van der Waals surface area contributed by atoms with Crippen molar-refractivity contribution in [3.8, 4) is 0 Å². The fraction of sp³-hybridized carbons (Fsp3) is 1.00. The molecule has 0 aromatic heterocycles. The van der Waals surface area contributed by atoms with Crippen LogP contribution >= 0.6 is 0 Å². The molecule has 0 saturated carbocycles. The Hall–Kier alpha value is -0.120. The third kappa shape index (κ3) is 2.76. The van der Waals surface area contributed by atoms with Gasteiger partial charge in [0, 0.05) is 37.8 Å². The Morgan fingerprint density at radius 2 is 2.19 bits per heavy atom. The van der Waals surface area contributed by atoms with Gasteiger partial charge in [0.25, 0.3) is 0 Å². The summed E-state index contributed by atoms with van der Waals surface area (Å²) in [7, 11) is 0. The third-order valence-electron chi connectivity index (χ3n) is 4.05. The molecule has 1 N–H and O–H groups in total. The van der Waals surface area contributed by atoms with Gasteiger partial charge in [-0.3, -0.25) is 4.90 Å². The first kappa shape index (κ1) is 12.3. The Morgan fingerprint density at radius 3 is 2.88 bits per heavy atom. The zero-order valence-electron chi connectivity index (χ0n) is 10.9. The second-order valence-electron chi connectivity index (χ2n) is 5.43. The minimum Gasteiger partial charge on any atom is -0.378 e. The van der Waals surface area contributed by atoms with Gasteiger partial charge in [0.1, 0.15) is 0 Å². The van der Waals surface area contributed by atoms with Crippen LogP contribution < -0.4 is 5.32 Å². The first-order valence-corrected chi connectivity index (χ1v) is 6.81. The second kappa shape index (κ2) is 5.48. The summed E-state index contributed by atoms with van der Waals surface area (Å²) in [6, 6.07) is 2.12. The second-order valence-corrected chi connectivity index (χ2v) is 5.43. The summed E-state index contributed by atoms with van der Waals surface area (Å²) < 4.78 is 5.65. The van der Waals surface area contributed by atoms with Gasteiger partial charge in [-0.25, -0.2) is 0 Å². The monoisotopic (exact) mass is 226 g/mol. The lowest BCUT2D eigenvalue weighted by Crippen LogP contribution is -2.59. The van der Waals surface area contributed by atoms with Gasteiger partial charge < -0.3 is 10.1 Å². The lowest BCUT2D eigenvalue weighted by atomic mass is 9.97. The van der Waals surface area contributed by atoms with E-state index < -0.39 is 0 Å². The molecule has 16 heavy (non-hydrogen) atoms. The molecule has 0 aliphatic carbocycles. The molecule has 2 aliphatic heterocycles. The van der Waals surface area contributed by atoms with Gasteiger partial charge in [0.05, 0.1) is 6.10 Å². The topological polar surface area (TPSA) is 24.5 Å². The molecule has 0 bridgehead atoms. The fourth-order valence-electron chi connectivity index (χ4n) is 3.09. The molecule has 3 nitrogen and oxygen atoms in total. The zero-order chi connectivity index (χ0) is 11.5. The highest BCUT2D eigenvalue weighted by atomic mass is 16.5. The molecule has 0 aromatic carbocycles. The molecule has 0 radical (unpaired) electrons. The predicted molar refractivity (Wildman–Crippen MR) is 66.7 cm³/mol. The molecule has 4 atom stereocenters. The summed E-state index contributed by atoms with van der Waals surface area (Å²) >= 11 is 0. The summed E-state index contributed by atoms with van der Waals surface area (Å²) in [4.78, 5) is 2.74. The van der Waals surface area contributed by atoms with Crippen LogP contribution in [0.5, 0.6) is 0 Å². The van der Waals surface area contributed by atoms with Crippen LogP contribution in [0.2, 0.25) is 0 Å². The Kier molecular flexibility index (Phi) is 4.22. The van der Waals surface area contributed by atoms with Gasteiger partial charge in [-0.1, -0.05) is 6.92 Å². The van der Waals surface area contributed by atoms with E-state index in [0.29, 0.717) is 12.1 Å². The van der Waals surface area contributed by atoms with Gasteiger partial charge in [-0.2, -0.15) is 0 Å². The molecule has 4 unspecified atom stereocenters. The van der Waals surface area contributed by atoms with Crippen molar-refractivity contribution >= 4 is 0 Å². The van der Waals surface area contributed by atoms with Crippen molar-refractivity contribution in [1.29, 1.82) is 0 Å². The summed E-state index contributed by atoms with van der Waals surface area (Å²) in [5.74, 6) is 0. The molecule has 0 amide bonds. The van der Waals surface area contributed by atoms with Crippen LogP contribution in [-0.4, -0.2) is 48.8 Å². The van der Waals surface area contributed by atoms with E-state index in [1.54, 1.807) is 0 Å². The molecule has 2 aliphatic rings. The van der Waals surface area contributed by atoms with Crippen molar-refractivity contribution < 1.29 is 4.74 Å². The van der Waals surface area contributed by atoms with Gasteiger partial charge >= 0.3 is 0 Å². The Morgan fingerprint density at radius 1 is 1.38 bits per heavy atom. The van der Waals surface area contributed by atoms with Gasteiger partial charge in [0.2, 0.25) is 0 Å². The Balaban J connectivity index is 1.98. The molecule has 94 valence electrons. The molecule has 2 rings (SSSR count). The minimum atomic E-state index is 0.446. The molecule has 0 spiro atoms. The van der Waals surface area contributed by atoms with Crippen molar-refractivity contribution in [2.45, 2.75) is 64.3 Å². The molecule has 2 saturated heterocycles.